The molecule has 2 aromatic heterocycles. The Morgan fingerprint density at radius 3 is 2.76 bits per heavy atom. The predicted molar refractivity (Wildman–Crippen MR) is 124 cm³/mol. The maximum atomic E-state index is 12.5. The van der Waals surface area contributed by atoms with Crippen LogP contribution in [0.15, 0.2) is 59.8 Å². The molecule has 2 N–H and O–H groups in total. The van der Waals surface area contributed by atoms with Crippen LogP contribution in [0.1, 0.15) is 29.4 Å². The number of benzene rings is 1. The van der Waals surface area contributed by atoms with Crippen LogP contribution in [0, 0.1) is 5.92 Å². The van der Waals surface area contributed by atoms with Crippen LogP contribution in [0.4, 0.5) is 0 Å². The molecule has 1 aromatic carbocycles. The molecule has 0 radical (unpaired) electrons. The number of halogens is 2. The Bertz CT molecular complexity index is 899. The fourth-order valence-corrected chi connectivity index (χ4v) is 4.13. The summed E-state index contributed by atoms with van der Waals surface area (Å²) >= 11 is 1.73. The van der Waals surface area contributed by atoms with E-state index >= 15 is 0 Å². The van der Waals surface area contributed by atoms with E-state index in [-0.39, 0.29) is 36.8 Å². The molecule has 0 aliphatic carbocycles. The lowest BCUT2D eigenvalue weighted by Gasteiger charge is -2.30. The van der Waals surface area contributed by atoms with Crippen LogP contribution in [-0.4, -0.2) is 34.4 Å². The fraction of sp³-hybridized carbons (Fsp3) is 0.333. The van der Waals surface area contributed by atoms with Gasteiger partial charge in [0.1, 0.15) is 5.65 Å². The zero-order chi connectivity index (χ0) is 18.6. The molecule has 1 amide bonds. The molecule has 1 saturated heterocycles. The quantitative estimate of drug-likeness (QED) is 0.569. The Hall–Kier alpha value is -1.73. The van der Waals surface area contributed by atoms with E-state index in [2.05, 4.69) is 28.7 Å². The molecule has 0 saturated carbocycles. The lowest BCUT2D eigenvalue weighted by molar-refractivity contribution is 0.0915. The molecule has 3 heterocycles. The highest BCUT2D eigenvalue weighted by Gasteiger charge is 2.22. The summed E-state index contributed by atoms with van der Waals surface area (Å²) in [6, 6.07) is 14.0. The molecular weight excluding hydrogens is 427 g/mol. The lowest BCUT2D eigenvalue weighted by atomic mass is 9.94. The third-order valence-electron chi connectivity index (χ3n) is 5.06. The van der Waals surface area contributed by atoms with Crippen molar-refractivity contribution in [2.45, 2.75) is 30.0 Å². The molecule has 156 valence electrons. The van der Waals surface area contributed by atoms with Crippen molar-refractivity contribution in [3.05, 3.63) is 66.1 Å². The first-order valence-corrected chi connectivity index (χ1v) is 10.3. The second-order valence-corrected chi connectivity index (χ2v) is 8.11. The number of fused-ring (bicyclic) bond motifs is 1. The highest BCUT2D eigenvalue weighted by molar-refractivity contribution is 7.98. The van der Waals surface area contributed by atoms with E-state index in [1.165, 1.54) is 0 Å². The van der Waals surface area contributed by atoms with Crippen molar-refractivity contribution < 1.29 is 4.79 Å². The van der Waals surface area contributed by atoms with Gasteiger partial charge < -0.3 is 15.0 Å². The summed E-state index contributed by atoms with van der Waals surface area (Å²) in [5, 5.41) is 6.50. The number of imidazole rings is 1. The summed E-state index contributed by atoms with van der Waals surface area (Å²) in [7, 11) is 0. The second-order valence-electron chi connectivity index (χ2n) is 7.06. The Labute approximate surface area is 187 Å². The summed E-state index contributed by atoms with van der Waals surface area (Å²) < 4.78 is 2.03. The topological polar surface area (TPSA) is 58.4 Å². The number of pyridine rings is 1. The van der Waals surface area contributed by atoms with Crippen molar-refractivity contribution in [3.63, 3.8) is 0 Å². The molecule has 5 nitrogen and oxygen atoms in total. The van der Waals surface area contributed by atoms with Crippen molar-refractivity contribution in [2.24, 2.45) is 5.92 Å². The Morgan fingerprint density at radius 2 is 2.03 bits per heavy atom. The maximum Gasteiger partial charge on any atom is 0.251 e. The first-order chi connectivity index (χ1) is 13.2. The van der Waals surface area contributed by atoms with Gasteiger partial charge in [0.2, 0.25) is 0 Å². The summed E-state index contributed by atoms with van der Waals surface area (Å²) in [5.74, 6) is 1.32. The average molecular weight is 453 g/mol. The van der Waals surface area contributed by atoms with Crippen LogP contribution in [0.25, 0.3) is 5.65 Å². The van der Waals surface area contributed by atoms with E-state index in [9.17, 15) is 4.79 Å². The maximum absolute atomic E-state index is 12.5. The number of piperidine rings is 1. The van der Waals surface area contributed by atoms with Gasteiger partial charge in [0.05, 0.1) is 5.69 Å². The molecular formula is C21H26Cl2N4OS. The molecule has 2 unspecified atom stereocenters. The van der Waals surface area contributed by atoms with Crippen LogP contribution in [0.3, 0.4) is 0 Å². The van der Waals surface area contributed by atoms with Crippen molar-refractivity contribution in [3.8, 4) is 0 Å². The SMILES string of the molecule is CC1CCNCC1NC(=O)c1ccc(SCc2cn3ccccc3n2)cc1.Cl.Cl. The molecule has 8 heteroatoms. The van der Waals surface area contributed by atoms with Gasteiger partial charge in [-0.25, -0.2) is 4.98 Å². The van der Waals surface area contributed by atoms with Crippen molar-refractivity contribution >= 4 is 48.1 Å². The van der Waals surface area contributed by atoms with Gasteiger partial charge in [0.15, 0.2) is 0 Å². The molecule has 29 heavy (non-hydrogen) atoms. The van der Waals surface area contributed by atoms with Gasteiger partial charge in [-0.05, 0) is 55.3 Å². The number of amides is 1. The van der Waals surface area contributed by atoms with Gasteiger partial charge >= 0.3 is 0 Å². The molecule has 3 aromatic rings. The van der Waals surface area contributed by atoms with E-state index in [0.717, 1.165) is 41.5 Å². The van der Waals surface area contributed by atoms with Crippen LogP contribution < -0.4 is 10.6 Å². The second kappa shape index (κ2) is 10.9. The Kier molecular flexibility index (Phi) is 8.83. The zero-order valence-electron chi connectivity index (χ0n) is 16.2. The van der Waals surface area contributed by atoms with Gasteiger partial charge in [-0.2, -0.15) is 0 Å². The monoisotopic (exact) mass is 452 g/mol. The standard InChI is InChI=1S/C21H24N4OS.2ClH/c1-15-9-10-22-12-19(15)24-21(26)16-5-7-18(8-6-16)27-14-17-13-25-11-3-2-4-20(25)23-17;;/h2-8,11,13,15,19,22H,9-10,12,14H2,1H3,(H,24,26);2*1H. The minimum absolute atomic E-state index is 0. The number of hydrogen-bond donors (Lipinski definition) is 2. The number of rotatable bonds is 5. The first-order valence-electron chi connectivity index (χ1n) is 9.36. The molecule has 1 aliphatic rings. The smallest absolute Gasteiger partial charge is 0.251 e. The van der Waals surface area contributed by atoms with Gasteiger partial charge in [-0.3, -0.25) is 4.79 Å². The molecule has 2 atom stereocenters. The number of carbonyl (C=O) groups is 1. The molecule has 1 aliphatic heterocycles. The number of hydrogen-bond acceptors (Lipinski definition) is 4. The third-order valence-corrected chi connectivity index (χ3v) is 6.11. The zero-order valence-corrected chi connectivity index (χ0v) is 18.7. The summed E-state index contributed by atoms with van der Waals surface area (Å²) in [6.45, 7) is 4.08. The average Bonchev–Trinajstić information content (AvgIpc) is 3.11. The summed E-state index contributed by atoms with van der Waals surface area (Å²) in [4.78, 5) is 18.2. The number of thioether (sulfide) groups is 1. The van der Waals surface area contributed by atoms with Gasteiger partial charge in [0.25, 0.3) is 5.91 Å². The van der Waals surface area contributed by atoms with Crippen molar-refractivity contribution in [2.75, 3.05) is 13.1 Å². The van der Waals surface area contributed by atoms with E-state index < -0.39 is 0 Å². The molecule has 0 spiro atoms. The van der Waals surface area contributed by atoms with Gasteiger partial charge in [0, 0.05) is 41.2 Å². The van der Waals surface area contributed by atoms with Crippen LogP contribution in [-0.2, 0) is 5.75 Å². The van der Waals surface area contributed by atoms with Crippen LogP contribution in [0.2, 0.25) is 0 Å². The molecule has 1 fully saturated rings. The number of carbonyl (C=O) groups excluding carboxylic acids is 1. The Morgan fingerprint density at radius 1 is 1.24 bits per heavy atom. The van der Waals surface area contributed by atoms with Crippen molar-refractivity contribution in [1.82, 2.24) is 20.0 Å². The van der Waals surface area contributed by atoms with E-state index in [0.29, 0.717) is 11.5 Å². The van der Waals surface area contributed by atoms with Gasteiger partial charge in [-0.15, -0.1) is 36.6 Å². The highest BCUT2D eigenvalue weighted by atomic mass is 35.5. The molecule has 0 bridgehead atoms. The largest absolute Gasteiger partial charge is 0.348 e. The van der Waals surface area contributed by atoms with E-state index in [1.54, 1.807) is 11.8 Å². The molecule has 4 rings (SSSR count). The van der Waals surface area contributed by atoms with E-state index in [1.807, 2.05) is 53.1 Å². The number of nitrogens with zero attached hydrogens (tertiary/aromatic N) is 2. The number of nitrogens with one attached hydrogen (secondary N) is 2. The minimum Gasteiger partial charge on any atom is -0.348 e. The lowest BCUT2D eigenvalue weighted by Crippen LogP contribution is -2.50. The first kappa shape index (κ1) is 23.5. The predicted octanol–water partition coefficient (Wildman–Crippen LogP) is 4.20. The van der Waals surface area contributed by atoms with Gasteiger partial charge in [-0.1, -0.05) is 13.0 Å². The highest BCUT2D eigenvalue weighted by Crippen LogP contribution is 2.23. The Balaban J connectivity index is 0.00000150. The normalized spacial score (nSPS) is 18.5. The fourth-order valence-electron chi connectivity index (χ4n) is 3.35. The summed E-state index contributed by atoms with van der Waals surface area (Å²) in [5.41, 5.74) is 2.73. The third kappa shape index (κ3) is 5.89. The minimum atomic E-state index is 0. The van der Waals surface area contributed by atoms with E-state index in [4.69, 9.17) is 0 Å². The van der Waals surface area contributed by atoms with Crippen LogP contribution >= 0.6 is 36.6 Å². The van der Waals surface area contributed by atoms with Crippen molar-refractivity contribution in [1.29, 1.82) is 0 Å². The van der Waals surface area contributed by atoms with Crippen LogP contribution in [0.5, 0.6) is 0 Å². The summed E-state index contributed by atoms with van der Waals surface area (Å²) in [6.07, 6.45) is 5.17. The number of aromatic nitrogens is 2.